The molecule has 0 amide bonds. The van der Waals surface area contributed by atoms with Gasteiger partial charge in [-0.15, -0.1) is 0 Å². The third-order valence-corrected chi connectivity index (χ3v) is 13.6. The number of hydrogen-bond donors (Lipinski definition) is 0. The van der Waals surface area contributed by atoms with Crippen LogP contribution in [0.25, 0.3) is 0 Å². The van der Waals surface area contributed by atoms with Crippen LogP contribution < -0.4 is 9.47 Å². The SMILES string of the molecule is CC(C)CCCOC(=O)CCCCCCCCCCC(=O)Oc1ccc(CC(=O)OCCCN2CCN(CCCOC(=O)Cc3ccc(OC(=O)CCCCCCCCCCC(=O)OCCCC(C)C)cc3)CC2)cc1. The summed E-state index contributed by atoms with van der Waals surface area (Å²) in [5.74, 6) is 0.998. The van der Waals surface area contributed by atoms with E-state index in [2.05, 4.69) is 37.5 Å². The molecule has 2 aromatic rings. The third-order valence-electron chi connectivity index (χ3n) is 13.6. The van der Waals surface area contributed by atoms with Gasteiger partial charge in [0.2, 0.25) is 0 Å². The molecule has 0 saturated carbocycles. The predicted octanol–water partition coefficient (Wildman–Crippen LogP) is 12.5. The van der Waals surface area contributed by atoms with Gasteiger partial charge in [-0.25, -0.2) is 0 Å². The minimum Gasteiger partial charge on any atom is -0.466 e. The number of esters is 6. The summed E-state index contributed by atoms with van der Waals surface area (Å²) in [5.41, 5.74) is 1.61. The summed E-state index contributed by atoms with van der Waals surface area (Å²) in [4.78, 5) is 78.2. The van der Waals surface area contributed by atoms with E-state index in [0.717, 1.165) is 192 Å². The van der Waals surface area contributed by atoms with Gasteiger partial charge < -0.3 is 38.2 Å². The average molecular weight is 1060 g/mol. The second-order valence-corrected chi connectivity index (χ2v) is 21.6. The number of ether oxygens (including phenoxy) is 6. The number of carbonyl (C=O) groups is 6. The van der Waals surface area contributed by atoms with Crippen LogP contribution in [0.1, 0.15) is 206 Å². The molecule has 0 spiro atoms. The molecule has 0 N–H and O–H groups in total. The molecular weight excluding hydrogens is 965 g/mol. The van der Waals surface area contributed by atoms with Gasteiger partial charge >= 0.3 is 35.8 Å². The zero-order valence-electron chi connectivity index (χ0n) is 47.4. The van der Waals surface area contributed by atoms with Gasteiger partial charge in [0.1, 0.15) is 11.5 Å². The normalized spacial score (nSPS) is 12.9. The highest BCUT2D eigenvalue weighted by atomic mass is 16.6. The molecule has 1 saturated heterocycles. The van der Waals surface area contributed by atoms with Crippen LogP contribution in [0.4, 0.5) is 0 Å². The summed E-state index contributed by atoms with van der Waals surface area (Å²) >= 11 is 0. The number of hydrogen-bond acceptors (Lipinski definition) is 14. The Kier molecular flexibility index (Phi) is 36.4. The van der Waals surface area contributed by atoms with E-state index in [9.17, 15) is 28.8 Å². The van der Waals surface area contributed by atoms with E-state index in [1.54, 1.807) is 48.5 Å². The molecule has 0 aromatic heterocycles. The van der Waals surface area contributed by atoms with Crippen molar-refractivity contribution in [2.45, 2.75) is 207 Å². The highest BCUT2D eigenvalue weighted by molar-refractivity contribution is 5.75. The van der Waals surface area contributed by atoms with Crippen molar-refractivity contribution < 1.29 is 57.2 Å². The molecule has 3 rings (SSSR count). The monoisotopic (exact) mass is 1060 g/mol. The van der Waals surface area contributed by atoms with E-state index >= 15 is 0 Å². The summed E-state index contributed by atoms with van der Waals surface area (Å²) in [7, 11) is 0. The minimum absolute atomic E-state index is 0.0786. The molecule has 76 heavy (non-hydrogen) atoms. The standard InChI is InChI=1S/C62H98N2O12/c1-51(2)25-21-45-71-57(65)27-17-13-9-5-7-11-15-19-29-59(67)75-55-35-31-53(32-36-55)49-61(69)73-47-23-39-63-41-43-64(44-42-63)40-24-48-74-62(70)50-54-33-37-56(38-34-54)76-60(68)30-20-16-12-8-6-10-14-18-28-58(66)72-46-22-26-52(3)4/h31-38,51-52H,5-30,39-50H2,1-4H3. The first kappa shape index (κ1) is 65.5. The molecule has 1 fully saturated rings. The molecule has 14 heteroatoms. The molecule has 14 nitrogen and oxygen atoms in total. The van der Waals surface area contributed by atoms with Crippen molar-refractivity contribution in [3.63, 3.8) is 0 Å². The van der Waals surface area contributed by atoms with Gasteiger partial charge in [-0.1, -0.05) is 129 Å². The van der Waals surface area contributed by atoms with Crippen molar-refractivity contribution in [3.8, 4) is 11.5 Å². The quantitative estimate of drug-likeness (QED) is 0.0266. The van der Waals surface area contributed by atoms with Crippen molar-refractivity contribution in [2.75, 3.05) is 65.7 Å². The summed E-state index contributed by atoms with van der Waals surface area (Å²) in [5, 5.41) is 0. The lowest BCUT2D eigenvalue weighted by atomic mass is 10.1. The van der Waals surface area contributed by atoms with Crippen LogP contribution in [0.3, 0.4) is 0 Å². The van der Waals surface area contributed by atoms with E-state index < -0.39 is 0 Å². The Morgan fingerprint density at radius 3 is 0.947 bits per heavy atom. The van der Waals surface area contributed by atoms with Crippen molar-refractivity contribution in [2.24, 2.45) is 11.8 Å². The molecule has 0 bridgehead atoms. The average Bonchev–Trinajstić information content (AvgIpc) is 3.39. The summed E-state index contributed by atoms with van der Waals surface area (Å²) in [6, 6.07) is 14.1. The summed E-state index contributed by atoms with van der Waals surface area (Å²) in [6.45, 7) is 15.9. The van der Waals surface area contributed by atoms with Gasteiger partial charge in [0.25, 0.3) is 0 Å². The van der Waals surface area contributed by atoms with Gasteiger partial charge in [0.05, 0.1) is 39.3 Å². The minimum atomic E-state index is -0.281. The molecule has 0 unspecified atom stereocenters. The molecule has 1 aliphatic rings. The van der Waals surface area contributed by atoms with Crippen LogP contribution in [0.15, 0.2) is 48.5 Å². The Bertz CT molecular complexity index is 1740. The van der Waals surface area contributed by atoms with Crippen molar-refractivity contribution in [1.29, 1.82) is 0 Å². The first-order valence-corrected chi connectivity index (χ1v) is 29.5. The fourth-order valence-corrected chi connectivity index (χ4v) is 9.03. The molecule has 428 valence electrons. The topological polar surface area (TPSA) is 164 Å². The maximum Gasteiger partial charge on any atom is 0.311 e. The number of benzene rings is 2. The number of nitrogens with zero attached hydrogens (tertiary/aromatic N) is 2. The van der Waals surface area contributed by atoms with E-state index in [-0.39, 0.29) is 48.7 Å². The smallest absolute Gasteiger partial charge is 0.311 e. The number of piperazine rings is 1. The van der Waals surface area contributed by atoms with E-state index in [0.29, 0.717) is 75.4 Å². The Balaban J connectivity index is 1.09. The van der Waals surface area contributed by atoms with Crippen LogP contribution in [0.5, 0.6) is 11.5 Å². The van der Waals surface area contributed by atoms with Crippen LogP contribution in [-0.2, 0) is 60.6 Å². The van der Waals surface area contributed by atoms with Crippen molar-refractivity contribution in [1.82, 2.24) is 9.80 Å². The summed E-state index contributed by atoms with van der Waals surface area (Å²) < 4.78 is 32.7. The highest BCUT2D eigenvalue weighted by Crippen LogP contribution is 2.19. The lowest BCUT2D eigenvalue weighted by Crippen LogP contribution is -2.47. The second-order valence-electron chi connectivity index (χ2n) is 21.6. The first-order chi connectivity index (χ1) is 36.8. The Morgan fingerprint density at radius 2 is 0.632 bits per heavy atom. The van der Waals surface area contributed by atoms with Gasteiger partial charge in [0.15, 0.2) is 0 Å². The Hall–Kier alpha value is -4.82. The van der Waals surface area contributed by atoms with Gasteiger partial charge in [-0.05, 0) is 111 Å². The molecule has 0 aliphatic carbocycles. The maximum absolute atomic E-state index is 12.5. The van der Waals surface area contributed by atoms with E-state index in [1.165, 1.54) is 0 Å². The lowest BCUT2D eigenvalue weighted by Gasteiger charge is -2.34. The fourth-order valence-electron chi connectivity index (χ4n) is 9.03. The van der Waals surface area contributed by atoms with E-state index in [4.69, 9.17) is 28.4 Å². The molecule has 2 aromatic carbocycles. The summed E-state index contributed by atoms with van der Waals surface area (Å²) in [6.07, 6.45) is 23.9. The van der Waals surface area contributed by atoms with E-state index in [1.807, 2.05) is 0 Å². The molecule has 0 radical (unpaired) electrons. The van der Waals surface area contributed by atoms with Crippen LogP contribution >= 0.6 is 0 Å². The molecule has 1 heterocycles. The Labute approximate surface area is 457 Å². The number of rotatable bonds is 44. The van der Waals surface area contributed by atoms with Gasteiger partial charge in [-0.3, -0.25) is 28.8 Å². The highest BCUT2D eigenvalue weighted by Gasteiger charge is 2.17. The number of unbranched alkanes of at least 4 members (excludes halogenated alkanes) is 14. The van der Waals surface area contributed by atoms with Gasteiger partial charge in [-0.2, -0.15) is 0 Å². The fraction of sp³-hybridized carbons (Fsp3) is 0.710. The van der Waals surface area contributed by atoms with Crippen LogP contribution in [-0.4, -0.2) is 111 Å². The third kappa shape index (κ3) is 35.5. The maximum atomic E-state index is 12.5. The van der Waals surface area contributed by atoms with Crippen molar-refractivity contribution >= 4 is 35.8 Å². The van der Waals surface area contributed by atoms with Crippen molar-refractivity contribution in [3.05, 3.63) is 59.7 Å². The predicted molar refractivity (Wildman–Crippen MR) is 298 cm³/mol. The molecule has 0 atom stereocenters. The van der Waals surface area contributed by atoms with Crippen LogP contribution in [0, 0.1) is 11.8 Å². The van der Waals surface area contributed by atoms with Gasteiger partial charge in [0, 0.05) is 65.0 Å². The molecular formula is C62H98N2O12. The zero-order valence-corrected chi connectivity index (χ0v) is 47.4. The molecule has 1 aliphatic heterocycles. The lowest BCUT2D eigenvalue weighted by molar-refractivity contribution is -0.144. The number of carbonyl (C=O) groups excluding carboxylic acids is 6. The first-order valence-electron chi connectivity index (χ1n) is 29.5. The Morgan fingerprint density at radius 1 is 0.355 bits per heavy atom. The second kappa shape index (κ2) is 42.2. The van der Waals surface area contributed by atoms with Crippen LogP contribution in [0.2, 0.25) is 0 Å². The zero-order chi connectivity index (χ0) is 54.9. The largest absolute Gasteiger partial charge is 0.466 e.